The summed E-state index contributed by atoms with van der Waals surface area (Å²) < 4.78 is 21.4. The van der Waals surface area contributed by atoms with Gasteiger partial charge in [0.1, 0.15) is 5.75 Å². The summed E-state index contributed by atoms with van der Waals surface area (Å²) in [5.74, 6) is 0.713. The highest BCUT2D eigenvalue weighted by Gasteiger charge is 2.27. The largest absolute Gasteiger partial charge is 0.497 e. The second-order valence-corrected chi connectivity index (χ2v) is 8.08. The number of carbonyl (C=O) groups excluding carboxylic acids is 2. The lowest BCUT2D eigenvalue weighted by Crippen LogP contribution is -2.26. The summed E-state index contributed by atoms with van der Waals surface area (Å²) >= 11 is 0. The molecule has 4 rings (SSSR count). The molecule has 1 fully saturated rings. The minimum absolute atomic E-state index is 0.0220. The van der Waals surface area contributed by atoms with Gasteiger partial charge in [0.2, 0.25) is 6.10 Å². The molecule has 8 nitrogen and oxygen atoms in total. The summed E-state index contributed by atoms with van der Waals surface area (Å²) in [6.45, 7) is 0.930. The molecule has 1 aliphatic rings. The molecule has 0 aliphatic carbocycles. The van der Waals surface area contributed by atoms with Crippen molar-refractivity contribution in [3.63, 3.8) is 0 Å². The first-order chi connectivity index (χ1) is 17.0. The van der Waals surface area contributed by atoms with Crippen LogP contribution in [0.5, 0.6) is 17.2 Å². The van der Waals surface area contributed by atoms with Gasteiger partial charge in [0.05, 0.1) is 27.8 Å². The Kier molecular flexibility index (Phi) is 7.52. The molecule has 0 bridgehead atoms. The lowest BCUT2D eigenvalue weighted by atomic mass is 10.0. The minimum atomic E-state index is -1.13. The number of benzene rings is 3. The molecule has 2 N–H and O–H groups in total. The second-order valence-electron chi connectivity index (χ2n) is 8.08. The average molecular weight is 477 g/mol. The SMILES string of the molecule is COc1ccc(CC(=O)OC(C(=O)Nc2ccc(OC)c(OC)c2)c2ccc([C@H]3CN3)cc2)cc1. The van der Waals surface area contributed by atoms with Crippen LogP contribution in [0.15, 0.2) is 66.7 Å². The molecule has 182 valence electrons. The number of nitrogens with one attached hydrogen (secondary N) is 2. The van der Waals surface area contributed by atoms with Crippen molar-refractivity contribution in [2.75, 3.05) is 33.2 Å². The number of carbonyl (C=O) groups is 2. The Morgan fingerprint density at radius 2 is 1.60 bits per heavy atom. The Bertz CT molecular complexity index is 1170. The monoisotopic (exact) mass is 476 g/mol. The van der Waals surface area contributed by atoms with Gasteiger partial charge in [0.25, 0.3) is 5.91 Å². The van der Waals surface area contributed by atoms with E-state index in [1.165, 1.54) is 14.2 Å². The van der Waals surface area contributed by atoms with Crippen molar-refractivity contribution in [3.05, 3.63) is 83.4 Å². The third kappa shape index (κ3) is 6.10. The molecule has 0 radical (unpaired) electrons. The molecule has 35 heavy (non-hydrogen) atoms. The molecule has 0 spiro atoms. The summed E-state index contributed by atoms with van der Waals surface area (Å²) in [7, 11) is 4.63. The van der Waals surface area contributed by atoms with Gasteiger partial charge in [0, 0.05) is 29.9 Å². The van der Waals surface area contributed by atoms with Crippen LogP contribution in [0.2, 0.25) is 0 Å². The zero-order chi connectivity index (χ0) is 24.8. The summed E-state index contributed by atoms with van der Waals surface area (Å²) in [5, 5.41) is 6.07. The molecule has 3 aromatic carbocycles. The van der Waals surface area contributed by atoms with Crippen molar-refractivity contribution in [1.29, 1.82) is 0 Å². The molecule has 1 unspecified atom stereocenters. The van der Waals surface area contributed by atoms with Crippen LogP contribution in [0.25, 0.3) is 0 Å². The van der Waals surface area contributed by atoms with Crippen molar-refractivity contribution in [2.24, 2.45) is 0 Å². The Labute approximate surface area is 204 Å². The third-order valence-electron chi connectivity index (χ3n) is 5.70. The first-order valence-corrected chi connectivity index (χ1v) is 11.2. The summed E-state index contributed by atoms with van der Waals surface area (Å²) in [5.41, 5.74) is 2.94. The van der Waals surface area contributed by atoms with E-state index in [0.29, 0.717) is 34.5 Å². The molecule has 0 aromatic heterocycles. The summed E-state index contributed by atoms with van der Waals surface area (Å²) in [4.78, 5) is 26.1. The van der Waals surface area contributed by atoms with Crippen LogP contribution >= 0.6 is 0 Å². The number of methoxy groups -OCH3 is 3. The summed E-state index contributed by atoms with van der Waals surface area (Å²) in [6, 6.07) is 20.0. The van der Waals surface area contributed by atoms with Crippen molar-refractivity contribution >= 4 is 17.6 Å². The maximum atomic E-state index is 13.3. The lowest BCUT2D eigenvalue weighted by molar-refractivity contribution is -0.154. The molecule has 3 aromatic rings. The van der Waals surface area contributed by atoms with Crippen LogP contribution < -0.4 is 24.8 Å². The predicted molar refractivity (Wildman–Crippen MR) is 131 cm³/mol. The highest BCUT2D eigenvalue weighted by molar-refractivity contribution is 5.96. The maximum absolute atomic E-state index is 13.3. The molecular weight excluding hydrogens is 448 g/mol. The van der Waals surface area contributed by atoms with Crippen LogP contribution in [0.1, 0.15) is 28.8 Å². The number of esters is 1. The van der Waals surface area contributed by atoms with Gasteiger partial charge >= 0.3 is 5.97 Å². The fraction of sp³-hybridized carbons (Fsp3) is 0.259. The summed E-state index contributed by atoms with van der Waals surface area (Å²) in [6.07, 6.45) is -1.11. The quantitative estimate of drug-likeness (QED) is 0.339. The fourth-order valence-corrected chi connectivity index (χ4v) is 3.68. The van der Waals surface area contributed by atoms with Gasteiger partial charge in [-0.3, -0.25) is 9.59 Å². The van der Waals surface area contributed by atoms with E-state index in [9.17, 15) is 9.59 Å². The molecule has 8 heteroatoms. The van der Waals surface area contributed by atoms with Crippen LogP contribution in [-0.4, -0.2) is 39.8 Å². The standard InChI is InChI=1S/C27H28N2O6/c1-32-21-11-4-17(5-12-21)14-25(30)35-26(19-8-6-18(7-9-19)22-16-28-22)27(31)29-20-10-13-23(33-2)24(15-20)34-3/h4-13,15,22,26,28H,14,16H2,1-3H3,(H,29,31)/t22-,26?/m1/s1. The van der Waals surface area contributed by atoms with E-state index >= 15 is 0 Å². The van der Waals surface area contributed by atoms with Gasteiger partial charge in [-0.25, -0.2) is 0 Å². The average Bonchev–Trinajstić information content (AvgIpc) is 3.73. The molecular formula is C27H28N2O6. The lowest BCUT2D eigenvalue weighted by Gasteiger charge is -2.19. The Balaban J connectivity index is 1.53. The zero-order valence-electron chi connectivity index (χ0n) is 19.9. The number of amides is 1. The number of rotatable bonds is 10. The van der Waals surface area contributed by atoms with E-state index in [1.54, 1.807) is 49.6 Å². The van der Waals surface area contributed by atoms with Crippen LogP contribution in [-0.2, 0) is 20.7 Å². The van der Waals surface area contributed by atoms with Gasteiger partial charge in [0.15, 0.2) is 11.5 Å². The number of hydrogen-bond acceptors (Lipinski definition) is 7. The fourth-order valence-electron chi connectivity index (χ4n) is 3.68. The Morgan fingerprint density at radius 3 is 2.20 bits per heavy atom. The van der Waals surface area contributed by atoms with Gasteiger partial charge in [-0.15, -0.1) is 0 Å². The van der Waals surface area contributed by atoms with Gasteiger partial charge in [-0.1, -0.05) is 36.4 Å². The van der Waals surface area contributed by atoms with E-state index in [-0.39, 0.29) is 6.42 Å². The molecule has 1 amide bonds. The smallest absolute Gasteiger partial charge is 0.311 e. The van der Waals surface area contributed by atoms with Crippen molar-refractivity contribution in [3.8, 4) is 17.2 Å². The number of hydrogen-bond donors (Lipinski definition) is 2. The van der Waals surface area contributed by atoms with Gasteiger partial charge in [-0.05, 0) is 35.4 Å². The topological polar surface area (TPSA) is 105 Å². The molecule has 2 atom stereocenters. The van der Waals surface area contributed by atoms with Crippen LogP contribution in [0.4, 0.5) is 5.69 Å². The van der Waals surface area contributed by atoms with E-state index in [0.717, 1.165) is 17.7 Å². The zero-order valence-corrected chi connectivity index (χ0v) is 19.9. The van der Waals surface area contributed by atoms with Crippen molar-refractivity contribution < 1.29 is 28.5 Å². The highest BCUT2D eigenvalue weighted by atomic mass is 16.5. The van der Waals surface area contributed by atoms with Gasteiger partial charge < -0.3 is 29.6 Å². The molecule has 0 saturated carbocycles. The molecule has 1 saturated heterocycles. The second kappa shape index (κ2) is 10.9. The highest BCUT2D eigenvalue weighted by Crippen LogP contribution is 2.31. The number of anilines is 1. The normalized spacial score (nSPS) is 15.0. The van der Waals surface area contributed by atoms with Crippen molar-refractivity contribution in [1.82, 2.24) is 5.32 Å². The Morgan fingerprint density at radius 1 is 0.914 bits per heavy atom. The minimum Gasteiger partial charge on any atom is -0.497 e. The number of ether oxygens (including phenoxy) is 4. The maximum Gasteiger partial charge on any atom is 0.311 e. The van der Waals surface area contributed by atoms with Gasteiger partial charge in [-0.2, -0.15) is 0 Å². The molecule has 1 aliphatic heterocycles. The Hall–Kier alpha value is -4.04. The molecule has 1 heterocycles. The van der Waals surface area contributed by atoms with Crippen molar-refractivity contribution in [2.45, 2.75) is 18.6 Å². The first kappa shape index (κ1) is 24.1. The predicted octanol–water partition coefficient (Wildman–Crippen LogP) is 3.82. The van der Waals surface area contributed by atoms with E-state index in [2.05, 4.69) is 10.6 Å². The first-order valence-electron chi connectivity index (χ1n) is 11.2. The van der Waals surface area contributed by atoms with E-state index in [1.807, 2.05) is 24.3 Å². The van der Waals surface area contributed by atoms with Crippen LogP contribution in [0.3, 0.4) is 0 Å². The van der Waals surface area contributed by atoms with E-state index in [4.69, 9.17) is 18.9 Å². The van der Waals surface area contributed by atoms with E-state index < -0.39 is 18.0 Å². The van der Waals surface area contributed by atoms with Crippen LogP contribution in [0, 0.1) is 0 Å². The third-order valence-corrected chi connectivity index (χ3v) is 5.70.